The van der Waals surface area contributed by atoms with Crippen LogP contribution in [0, 0.1) is 6.92 Å². The van der Waals surface area contributed by atoms with Gasteiger partial charge in [0.25, 0.3) is 5.22 Å². The maximum Gasteiger partial charge on any atom is 0.301 e. The average Bonchev–Trinajstić information content (AvgIpc) is 2.76. The quantitative estimate of drug-likeness (QED) is 0.428. The Balaban J connectivity index is 2.71. The SMILES string of the molecule is CC/C(=N\OC)c1oc(SCCC(F)=C(F)F)nc1C. The minimum Gasteiger partial charge on any atom is -0.430 e. The van der Waals surface area contributed by atoms with E-state index in [-0.39, 0.29) is 12.2 Å². The first-order valence-corrected chi connectivity index (χ1v) is 6.88. The molecule has 20 heavy (non-hydrogen) atoms. The van der Waals surface area contributed by atoms with Crippen molar-refractivity contribution in [3.63, 3.8) is 0 Å². The third kappa shape index (κ3) is 4.59. The van der Waals surface area contributed by atoms with Crippen LogP contribution in [0.15, 0.2) is 26.7 Å². The highest BCUT2D eigenvalue weighted by atomic mass is 32.2. The molecule has 0 N–H and O–H groups in total. The Morgan fingerprint density at radius 3 is 2.65 bits per heavy atom. The van der Waals surface area contributed by atoms with Crippen molar-refractivity contribution < 1.29 is 22.4 Å². The lowest BCUT2D eigenvalue weighted by atomic mass is 10.2. The molecule has 0 amide bonds. The lowest BCUT2D eigenvalue weighted by molar-refractivity contribution is 0.212. The molecule has 0 fully saturated rings. The van der Waals surface area contributed by atoms with Crippen molar-refractivity contribution in [2.45, 2.75) is 31.9 Å². The summed E-state index contributed by atoms with van der Waals surface area (Å²) in [6.45, 7) is 3.63. The van der Waals surface area contributed by atoms with E-state index in [1.807, 2.05) is 6.92 Å². The van der Waals surface area contributed by atoms with Crippen molar-refractivity contribution in [3.8, 4) is 0 Å². The summed E-state index contributed by atoms with van der Waals surface area (Å²) in [5.41, 5.74) is 1.23. The van der Waals surface area contributed by atoms with Gasteiger partial charge in [-0.2, -0.15) is 8.78 Å². The molecule has 0 saturated carbocycles. The van der Waals surface area contributed by atoms with Crippen molar-refractivity contribution in [2.75, 3.05) is 12.9 Å². The molecule has 0 aliphatic carbocycles. The maximum absolute atomic E-state index is 12.6. The Bertz CT molecular complexity index is 511. The number of hydrogen-bond donors (Lipinski definition) is 0. The maximum atomic E-state index is 12.6. The number of hydrogen-bond acceptors (Lipinski definition) is 5. The van der Waals surface area contributed by atoms with Gasteiger partial charge in [-0.05, 0) is 13.3 Å². The normalized spacial score (nSPS) is 11.6. The van der Waals surface area contributed by atoms with Crippen molar-refractivity contribution >= 4 is 17.5 Å². The average molecular weight is 308 g/mol. The van der Waals surface area contributed by atoms with Crippen molar-refractivity contribution in [1.29, 1.82) is 0 Å². The highest BCUT2D eigenvalue weighted by molar-refractivity contribution is 7.99. The third-order valence-corrected chi connectivity index (χ3v) is 3.16. The molecule has 112 valence electrons. The number of halogens is 3. The van der Waals surface area contributed by atoms with E-state index >= 15 is 0 Å². The zero-order valence-corrected chi connectivity index (χ0v) is 12.2. The van der Waals surface area contributed by atoms with Gasteiger partial charge in [-0.3, -0.25) is 0 Å². The van der Waals surface area contributed by atoms with Crippen LogP contribution in [0.2, 0.25) is 0 Å². The van der Waals surface area contributed by atoms with Gasteiger partial charge < -0.3 is 9.25 Å². The Kier molecular flexibility index (Phi) is 6.63. The Hall–Kier alpha value is -1.44. The number of rotatable bonds is 7. The van der Waals surface area contributed by atoms with Gasteiger partial charge in [-0.25, -0.2) is 9.37 Å². The van der Waals surface area contributed by atoms with E-state index in [2.05, 4.69) is 10.1 Å². The molecule has 4 nitrogen and oxygen atoms in total. The van der Waals surface area contributed by atoms with Crippen LogP contribution < -0.4 is 0 Å². The fraction of sp³-hybridized carbons (Fsp3) is 0.500. The second kappa shape index (κ2) is 7.98. The fourth-order valence-electron chi connectivity index (χ4n) is 1.40. The van der Waals surface area contributed by atoms with Crippen LogP contribution in [0.3, 0.4) is 0 Å². The van der Waals surface area contributed by atoms with Gasteiger partial charge in [0.1, 0.15) is 12.8 Å². The Morgan fingerprint density at radius 2 is 2.10 bits per heavy atom. The topological polar surface area (TPSA) is 47.6 Å². The molecule has 0 aliphatic heterocycles. The molecule has 0 atom stereocenters. The van der Waals surface area contributed by atoms with Crippen LogP contribution in [0.4, 0.5) is 13.2 Å². The summed E-state index contributed by atoms with van der Waals surface area (Å²) in [5.74, 6) is -0.799. The molecule has 0 saturated heterocycles. The smallest absolute Gasteiger partial charge is 0.301 e. The van der Waals surface area contributed by atoms with E-state index in [1.54, 1.807) is 6.92 Å². The predicted molar refractivity (Wildman–Crippen MR) is 70.8 cm³/mol. The third-order valence-electron chi connectivity index (χ3n) is 2.33. The monoisotopic (exact) mass is 308 g/mol. The van der Waals surface area contributed by atoms with Gasteiger partial charge in [0.15, 0.2) is 11.6 Å². The lowest BCUT2D eigenvalue weighted by Gasteiger charge is -1.98. The standard InChI is InChI=1S/C12H15F3N2O2S/c1-4-9(17-18-3)10-7(2)16-12(19-10)20-6-5-8(13)11(14)15/h4-6H2,1-3H3/b17-9+. The number of nitrogens with zero attached hydrogens (tertiary/aromatic N) is 2. The summed E-state index contributed by atoms with van der Waals surface area (Å²) >= 11 is 1.07. The van der Waals surface area contributed by atoms with E-state index in [1.165, 1.54) is 7.11 Å². The highest BCUT2D eigenvalue weighted by Gasteiger charge is 2.15. The summed E-state index contributed by atoms with van der Waals surface area (Å²) in [4.78, 5) is 8.84. The van der Waals surface area contributed by atoms with Crippen LogP contribution in [-0.4, -0.2) is 23.6 Å². The van der Waals surface area contributed by atoms with Crippen LogP contribution in [0.1, 0.15) is 31.2 Å². The predicted octanol–water partition coefficient (Wildman–Crippen LogP) is 4.30. The van der Waals surface area contributed by atoms with E-state index in [0.29, 0.717) is 28.8 Å². The summed E-state index contributed by atoms with van der Waals surface area (Å²) in [5, 5.41) is 4.12. The van der Waals surface area contributed by atoms with Crippen LogP contribution in [0.25, 0.3) is 0 Å². The van der Waals surface area contributed by atoms with Crippen LogP contribution >= 0.6 is 11.8 Å². The molecule has 0 spiro atoms. The molecule has 0 bridgehead atoms. The fourth-order valence-corrected chi connectivity index (χ4v) is 2.20. The van der Waals surface area contributed by atoms with Crippen LogP contribution in [-0.2, 0) is 4.84 Å². The second-order valence-corrected chi connectivity index (χ2v) is 4.78. The molecule has 1 aromatic heterocycles. The minimum absolute atomic E-state index is 0.117. The van der Waals surface area contributed by atoms with Gasteiger partial charge in [0.05, 0.1) is 5.69 Å². The van der Waals surface area contributed by atoms with E-state index in [0.717, 1.165) is 11.8 Å². The van der Waals surface area contributed by atoms with Crippen molar-refractivity contribution in [2.24, 2.45) is 5.16 Å². The summed E-state index contributed by atoms with van der Waals surface area (Å²) in [6.07, 6.45) is -2.05. The first-order valence-electron chi connectivity index (χ1n) is 5.89. The number of oxime groups is 1. The number of aromatic nitrogens is 1. The first-order chi connectivity index (χ1) is 9.49. The summed E-state index contributed by atoms with van der Waals surface area (Å²) in [7, 11) is 1.43. The van der Waals surface area contributed by atoms with Gasteiger partial charge in [-0.1, -0.05) is 23.8 Å². The van der Waals surface area contributed by atoms with Gasteiger partial charge in [0, 0.05) is 12.2 Å². The van der Waals surface area contributed by atoms with E-state index in [9.17, 15) is 13.2 Å². The molecule has 0 aromatic carbocycles. The van der Waals surface area contributed by atoms with Gasteiger partial charge >= 0.3 is 6.08 Å². The number of oxazole rings is 1. The van der Waals surface area contributed by atoms with E-state index in [4.69, 9.17) is 9.25 Å². The largest absolute Gasteiger partial charge is 0.430 e. The minimum atomic E-state index is -2.28. The number of allylic oxidation sites excluding steroid dienone is 1. The molecule has 1 aromatic rings. The molecule has 0 radical (unpaired) electrons. The van der Waals surface area contributed by atoms with Crippen LogP contribution in [0.5, 0.6) is 0 Å². The summed E-state index contributed by atoms with van der Waals surface area (Å²) < 4.78 is 41.9. The zero-order valence-electron chi connectivity index (χ0n) is 11.4. The number of thioether (sulfide) groups is 1. The highest BCUT2D eigenvalue weighted by Crippen LogP contribution is 2.25. The molecular formula is C12H15F3N2O2S. The first kappa shape index (κ1) is 16.6. The molecule has 1 rings (SSSR count). The van der Waals surface area contributed by atoms with Gasteiger partial charge in [0.2, 0.25) is 0 Å². The van der Waals surface area contributed by atoms with Gasteiger partial charge in [-0.15, -0.1) is 0 Å². The molecule has 1 heterocycles. The van der Waals surface area contributed by atoms with Crippen molar-refractivity contribution in [1.82, 2.24) is 4.98 Å². The Morgan fingerprint density at radius 1 is 1.40 bits per heavy atom. The molecule has 8 heteroatoms. The summed E-state index contributed by atoms with van der Waals surface area (Å²) in [6, 6.07) is 0. The van der Waals surface area contributed by atoms with E-state index < -0.39 is 11.9 Å². The Labute approximate surface area is 119 Å². The number of aryl methyl sites for hydroxylation is 1. The molecular weight excluding hydrogens is 293 g/mol. The zero-order chi connectivity index (χ0) is 15.1. The molecule has 0 unspecified atom stereocenters. The second-order valence-electron chi connectivity index (χ2n) is 3.73. The lowest BCUT2D eigenvalue weighted by Crippen LogP contribution is -2.00. The van der Waals surface area contributed by atoms with Crippen molar-refractivity contribution in [3.05, 3.63) is 23.4 Å². The molecule has 0 aliphatic rings.